The van der Waals surface area contributed by atoms with Crippen LogP contribution >= 0.6 is 11.6 Å². The van der Waals surface area contributed by atoms with Crippen molar-refractivity contribution in [3.8, 4) is 5.75 Å². The smallest absolute Gasteiger partial charge is 0.344 e. The van der Waals surface area contributed by atoms with Crippen LogP contribution in [0.3, 0.4) is 0 Å². The number of ether oxygens (including phenoxy) is 2. The summed E-state index contributed by atoms with van der Waals surface area (Å²) in [5.41, 5.74) is 0.923. The largest absolute Gasteiger partial charge is 0.480 e. The average molecular weight is 390 g/mol. The van der Waals surface area contributed by atoms with Crippen LogP contribution in [0.4, 0.5) is 0 Å². The maximum Gasteiger partial charge on any atom is 0.344 e. The minimum atomic E-state index is -3.09. The van der Waals surface area contributed by atoms with E-state index in [0.29, 0.717) is 17.2 Å². The van der Waals surface area contributed by atoms with Gasteiger partial charge in [0.2, 0.25) is 0 Å². The lowest BCUT2D eigenvalue weighted by atomic mass is 10.2. The van der Waals surface area contributed by atoms with E-state index in [4.69, 9.17) is 21.1 Å². The molecular formula is C16H20ClNO6S. The van der Waals surface area contributed by atoms with E-state index >= 15 is 0 Å². The van der Waals surface area contributed by atoms with Gasteiger partial charge in [-0.2, -0.15) is 0 Å². The van der Waals surface area contributed by atoms with Crippen LogP contribution < -0.4 is 10.1 Å². The summed E-state index contributed by atoms with van der Waals surface area (Å²) in [5, 5.41) is 2.94. The zero-order valence-corrected chi connectivity index (χ0v) is 15.5. The SMILES string of the molecule is Cc1ccc(Cl)c(OCC(=O)O[C@@H](C)C(=O)N[C@H]2CCS(=O)(=O)C2)c1. The monoisotopic (exact) mass is 389 g/mol. The number of aryl methyl sites for hydroxylation is 1. The molecule has 2 atom stereocenters. The van der Waals surface area contributed by atoms with Crippen LogP contribution in [0.2, 0.25) is 5.02 Å². The molecule has 0 aliphatic carbocycles. The molecule has 0 saturated carbocycles. The maximum absolute atomic E-state index is 12.0. The molecule has 9 heteroatoms. The molecule has 0 unspecified atom stereocenters. The number of sulfone groups is 1. The quantitative estimate of drug-likeness (QED) is 0.735. The highest BCUT2D eigenvalue weighted by Crippen LogP contribution is 2.25. The third kappa shape index (κ3) is 5.89. The van der Waals surface area contributed by atoms with E-state index in [0.717, 1.165) is 5.56 Å². The number of rotatable bonds is 6. The lowest BCUT2D eigenvalue weighted by Crippen LogP contribution is -2.43. The third-order valence-corrected chi connectivity index (χ3v) is 5.77. The Bertz CT molecular complexity index is 764. The van der Waals surface area contributed by atoms with Crippen LogP contribution in [0, 0.1) is 6.92 Å². The molecule has 0 bridgehead atoms. The van der Waals surface area contributed by atoms with E-state index < -0.39 is 40.5 Å². The van der Waals surface area contributed by atoms with E-state index in [1.54, 1.807) is 12.1 Å². The predicted octanol–water partition coefficient (Wildman–Crippen LogP) is 1.26. The van der Waals surface area contributed by atoms with Crippen LogP contribution in [0.15, 0.2) is 18.2 Å². The Hall–Kier alpha value is -1.80. The van der Waals surface area contributed by atoms with Crippen molar-refractivity contribution in [2.24, 2.45) is 0 Å². The molecule has 138 valence electrons. The molecule has 2 rings (SSSR count). The van der Waals surface area contributed by atoms with Gasteiger partial charge in [-0.1, -0.05) is 17.7 Å². The first-order valence-corrected chi connectivity index (χ1v) is 9.95. The normalized spacial score (nSPS) is 19.9. The van der Waals surface area contributed by atoms with E-state index in [-0.39, 0.29) is 11.5 Å². The molecule has 25 heavy (non-hydrogen) atoms. The van der Waals surface area contributed by atoms with Gasteiger partial charge in [0.05, 0.1) is 16.5 Å². The number of hydrogen-bond donors (Lipinski definition) is 1. The summed E-state index contributed by atoms with van der Waals surface area (Å²) in [5.74, 6) is -0.943. The topological polar surface area (TPSA) is 98.8 Å². The van der Waals surface area contributed by atoms with Crippen molar-refractivity contribution in [2.45, 2.75) is 32.4 Å². The molecule has 0 spiro atoms. The zero-order valence-electron chi connectivity index (χ0n) is 14.0. The Balaban J connectivity index is 1.79. The fourth-order valence-electron chi connectivity index (χ4n) is 2.37. The summed E-state index contributed by atoms with van der Waals surface area (Å²) in [7, 11) is -3.09. The summed E-state index contributed by atoms with van der Waals surface area (Å²) in [4.78, 5) is 23.8. The maximum atomic E-state index is 12.0. The van der Waals surface area contributed by atoms with Crippen molar-refractivity contribution >= 4 is 33.3 Å². The van der Waals surface area contributed by atoms with Crippen molar-refractivity contribution in [1.29, 1.82) is 0 Å². The molecule has 1 heterocycles. The van der Waals surface area contributed by atoms with Gasteiger partial charge in [-0.3, -0.25) is 4.79 Å². The fourth-order valence-corrected chi connectivity index (χ4v) is 4.22. The fraction of sp³-hybridized carbons (Fsp3) is 0.500. The number of carbonyl (C=O) groups is 2. The highest BCUT2D eigenvalue weighted by Gasteiger charge is 2.30. The highest BCUT2D eigenvalue weighted by molar-refractivity contribution is 7.91. The van der Waals surface area contributed by atoms with Gasteiger partial charge in [0.1, 0.15) is 5.75 Å². The second-order valence-corrected chi connectivity index (χ2v) is 8.60. The molecule has 1 aromatic carbocycles. The Kier molecular flexibility index (Phi) is 6.29. The van der Waals surface area contributed by atoms with Crippen LogP contribution in [0.1, 0.15) is 18.9 Å². The highest BCUT2D eigenvalue weighted by atomic mass is 35.5. The molecule has 1 aromatic rings. The van der Waals surface area contributed by atoms with E-state index in [1.807, 2.05) is 13.0 Å². The van der Waals surface area contributed by atoms with Crippen molar-refractivity contribution in [3.63, 3.8) is 0 Å². The van der Waals surface area contributed by atoms with Gasteiger partial charge < -0.3 is 14.8 Å². The molecule has 1 aliphatic heterocycles. The lowest BCUT2D eigenvalue weighted by Gasteiger charge is -2.16. The Morgan fingerprint density at radius 2 is 2.12 bits per heavy atom. The summed E-state index contributed by atoms with van der Waals surface area (Å²) in [6.45, 7) is 2.88. The van der Waals surface area contributed by atoms with Crippen LogP contribution in [-0.2, 0) is 24.2 Å². The van der Waals surface area contributed by atoms with Crippen molar-refractivity contribution in [2.75, 3.05) is 18.1 Å². The third-order valence-electron chi connectivity index (χ3n) is 3.69. The van der Waals surface area contributed by atoms with Gasteiger partial charge >= 0.3 is 5.97 Å². The summed E-state index contributed by atoms with van der Waals surface area (Å²) in [6, 6.07) is 4.71. The number of amides is 1. The zero-order chi connectivity index (χ0) is 18.6. The molecule has 1 aliphatic rings. The van der Waals surface area contributed by atoms with Gasteiger partial charge in [0.25, 0.3) is 5.91 Å². The van der Waals surface area contributed by atoms with Crippen molar-refractivity contribution in [1.82, 2.24) is 5.32 Å². The van der Waals surface area contributed by atoms with Gasteiger partial charge in [-0.05, 0) is 38.0 Å². The van der Waals surface area contributed by atoms with E-state index in [9.17, 15) is 18.0 Å². The van der Waals surface area contributed by atoms with Gasteiger partial charge in [-0.25, -0.2) is 13.2 Å². The molecule has 1 N–H and O–H groups in total. The molecule has 1 saturated heterocycles. The van der Waals surface area contributed by atoms with Crippen LogP contribution in [0.25, 0.3) is 0 Å². The average Bonchev–Trinajstić information content (AvgIpc) is 2.86. The Morgan fingerprint density at radius 3 is 2.76 bits per heavy atom. The summed E-state index contributed by atoms with van der Waals surface area (Å²) in [6.07, 6.45) is -0.684. The first-order valence-electron chi connectivity index (χ1n) is 7.75. The molecular weight excluding hydrogens is 370 g/mol. The minimum Gasteiger partial charge on any atom is -0.480 e. The first kappa shape index (κ1) is 19.5. The number of esters is 1. The molecule has 7 nitrogen and oxygen atoms in total. The Labute approximate surface area is 151 Å². The second-order valence-electron chi connectivity index (χ2n) is 5.96. The lowest BCUT2D eigenvalue weighted by molar-refractivity contribution is -0.156. The van der Waals surface area contributed by atoms with Gasteiger partial charge in [-0.15, -0.1) is 0 Å². The summed E-state index contributed by atoms with van der Waals surface area (Å²) < 4.78 is 33.1. The minimum absolute atomic E-state index is 0.0528. The van der Waals surface area contributed by atoms with Crippen molar-refractivity contribution < 1.29 is 27.5 Å². The van der Waals surface area contributed by atoms with Gasteiger partial charge in [0, 0.05) is 6.04 Å². The number of nitrogens with one attached hydrogen (secondary N) is 1. The molecule has 0 aromatic heterocycles. The molecule has 0 radical (unpaired) electrons. The van der Waals surface area contributed by atoms with Crippen LogP contribution in [0.5, 0.6) is 5.75 Å². The van der Waals surface area contributed by atoms with Crippen molar-refractivity contribution in [3.05, 3.63) is 28.8 Å². The Morgan fingerprint density at radius 1 is 1.40 bits per heavy atom. The van der Waals surface area contributed by atoms with E-state index in [2.05, 4.69) is 5.32 Å². The number of benzene rings is 1. The first-order chi connectivity index (χ1) is 11.7. The molecule has 1 amide bonds. The predicted molar refractivity (Wildman–Crippen MR) is 92.4 cm³/mol. The standard InChI is InChI=1S/C16H20ClNO6S/c1-10-3-4-13(17)14(7-10)23-8-15(19)24-11(2)16(20)18-12-5-6-25(21,22)9-12/h3-4,7,11-12H,5-6,8-9H2,1-2H3,(H,18,20)/t11-,12-/m0/s1. The number of carbonyl (C=O) groups excluding carboxylic acids is 2. The van der Waals surface area contributed by atoms with Gasteiger partial charge in [0.15, 0.2) is 22.5 Å². The number of halogens is 1. The second kappa shape index (κ2) is 8.05. The van der Waals surface area contributed by atoms with Crippen LogP contribution in [-0.4, -0.2) is 50.6 Å². The number of hydrogen-bond acceptors (Lipinski definition) is 6. The molecule has 1 fully saturated rings. The van der Waals surface area contributed by atoms with E-state index in [1.165, 1.54) is 6.92 Å². The summed E-state index contributed by atoms with van der Waals surface area (Å²) >= 11 is 5.96.